The maximum Gasteiger partial charge on any atom is 0.221 e. The third kappa shape index (κ3) is 4.93. The Labute approximate surface area is 96.2 Å². The van der Waals surface area contributed by atoms with Crippen LogP contribution in [0.3, 0.4) is 0 Å². The van der Waals surface area contributed by atoms with Gasteiger partial charge in [0.25, 0.3) is 0 Å². The molecule has 0 saturated heterocycles. The zero-order valence-electron chi connectivity index (χ0n) is 9.94. The standard InChI is InChI=1S/C11H20N4O/c1-3-12-10(2)9-13-11(16)5-8-15-7-4-6-14-15/h4,6-7,10,12H,3,5,8-9H2,1-2H3,(H,13,16)/t10-/m1/s1. The highest BCUT2D eigenvalue weighted by molar-refractivity contribution is 5.75. The smallest absolute Gasteiger partial charge is 0.221 e. The van der Waals surface area contributed by atoms with E-state index in [4.69, 9.17) is 0 Å². The monoisotopic (exact) mass is 224 g/mol. The maximum absolute atomic E-state index is 11.5. The van der Waals surface area contributed by atoms with Crippen molar-refractivity contribution < 1.29 is 4.79 Å². The van der Waals surface area contributed by atoms with E-state index in [1.54, 1.807) is 10.9 Å². The fourth-order valence-corrected chi connectivity index (χ4v) is 1.42. The first-order chi connectivity index (χ1) is 7.72. The van der Waals surface area contributed by atoms with Gasteiger partial charge in [-0.1, -0.05) is 6.92 Å². The first kappa shape index (κ1) is 12.7. The van der Waals surface area contributed by atoms with E-state index in [-0.39, 0.29) is 5.91 Å². The van der Waals surface area contributed by atoms with Gasteiger partial charge < -0.3 is 10.6 Å². The molecule has 5 heteroatoms. The first-order valence-electron chi connectivity index (χ1n) is 5.70. The number of nitrogens with zero attached hydrogens (tertiary/aromatic N) is 2. The fourth-order valence-electron chi connectivity index (χ4n) is 1.42. The molecule has 1 aromatic heterocycles. The number of carbonyl (C=O) groups is 1. The molecule has 1 amide bonds. The number of hydrogen-bond acceptors (Lipinski definition) is 3. The lowest BCUT2D eigenvalue weighted by Gasteiger charge is -2.13. The van der Waals surface area contributed by atoms with Crippen LogP contribution in [0, 0.1) is 0 Å². The summed E-state index contributed by atoms with van der Waals surface area (Å²) < 4.78 is 1.76. The van der Waals surface area contributed by atoms with Gasteiger partial charge in [-0.2, -0.15) is 5.10 Å². The fraction of sp³-hybridized carbons (Fsp3) is 0.636. The van der Waals surface area contributed by atoms with Crippen LogP contribution in [0.1, 0.15) is 20.3 Å². The number of carbonyl (C=O) groups excluding carboxylic acids is 1. The van der Waals surface area contributed by atoms with Crippen molar-refractivity contribution in [2.24, 2.45) is 0 Å². The molecule has 2 N–H and O–H groups in total. The van der Waals surface area contributed by atoms with Crippen molar-refractivity contribution >= 4 is 5.91 Å². The second-order valence-electron chi connectivity index (χ2n) is 3.78. The van der Waals surface area contributed by atoms with Crippen LogP contribution in [0.4, 0.5) is 0 Å². The van der Waals surface area contributed by atoms with E-state index in [2.05, 4.69) is 29.6 Å². The maximum atomic E-state index is 11.5. The lowest BCUT2D eigenvalue weighted by Crippen LogP contribution is -2.39. The minimum absolute atomic E-state index is 0.0697. The van der Waals surface area contributed by atoms with E-state index >= 15 is 0 Å². The highest BCUT2D eigenvalue weighted by Gasteiger charge is 2.04. The van der Waals surface area contributed by atoms with Gasteiger partial charge in [-0.3, -0.25) is 9.48 Å². The molecule has 0 aromatic carbocycles. The second-order valence-corrected chi connectivity index (χ2v) is 3.78. The van der Waals surface area contributed by atoms with Gasteiger partial charge in [-0.05, 0) is 19.5 Å². The summed E-state index contributed by atoms with van der Waals surface area (Å²) in [6, 6.07) is 2.17. The van der Waals surface area contributed by atoms with Crippen LogP contribution in [0.5, 0.6) is 0 Å². The third-order valence-electron chi connectivity index (χ3n) is 2.29. The molecule has 0 aliphatic carbocycles. The van der Waals surface area contributed by atoms with E-state index in [1.807, 2.05) is 12.3 Å². The zero-order valence-corrected chi connectivity index (χ0v) is 9.94. The van der Waals surface area contributed by atoms with Crippen molar-refractivity contribution in [2.45, 2.75) is 32.9 Å². The van der Waals surface area contributed by atoms with Gasteiger partial charge in [0.2, 0.25) is 5.91 Å². The molecule has 1 heterocycles. The number of nitrogens with one attached hydrogen (secondary N) is 2. The Morgan fingerprint density at radius 3 is 3.00 bits per heavy atom. The van der Waals surface area contributed by atoms with Crippen molar-refractivity contribution in [2.75, 3.05) is 13.1 Å². The summed E-state index contributed by atoms with van der Waals surface area (Å²) in [5.74, 6) is 0.0697. The molecule has 5 nitrogen and oxygen atoms in total. The van der Waals surface area contributed by atoms with Gasteiger partial charge in [0.05, 0.1) is 0 Å². The van der Waals surface area contributed by atoms with Crippen LogP contribution in [0.25, 0.3) is 0 Å². The number of amides is 1. The molecule has 16 heavy (non-hydrogen) atoms. The molecular weight excluding hydrogens is 204 g/mol. The van der Waals surface area contributed by atoms with Crippen LogP contribution in [-0.4, -0.2) is 34.8 Å². The Kier molecular flexibility index (Phi) is 5.56. The van der Waals surface area contributed by atoms with Gasteiger partial charge in [-0.25, -0.2) is 0 Å². The molecule has 0 saturated carbocycles. The van der Waals surface area contributed by atoms with Crippen molar-refractivity contribution in [3.05, 3.63) is 18.5 Å². The Morgan fingerprint density at radius 2 is 2.38 bits per heavy atom. The van der Waals surface area contributed by atoms with Crippen LogP contribution in [-0.2, 0) is 11.3 Å². The summed E-state index contributed by atoms with van der Waals surface area (Å²) in [6.07, 6.45) is 4.04. The van der Waals surface area contributed by atoms with Gasteiger partial charge in [0, 0.05) is 37.9 Å². The SMILES string of the molecule is CCN[C@H](C)CNC(=O)CCn1cccn1. The van der Waals surface area contributed by atoms with Crippen molar-refractivity contribution in [3.63, 3.8) is 0 Å². The Bertz CT molecular complexity index is 297. The molecule has 0 fully saturated rings. The molecule has 0 aliphatic heterocycles. The number of hydrogen-bond donors (Lipinski definition) is 2. The van der Waals surface area contributed by atoms with E-state index in [9.17, 15) is 4.79 Å². The summed E-state index contributed by atoms with van der Waals surface area (Å²) in [5.41, 5.74) is 0. The Hall–Kier alpha value is -1.36. The van der Waals surface area contributed by atoms with Crippen molar-refractivity contribution in [3.8, 4) is 0 Å². The summed E-state index contributed by atoms with van der Waals surface area (Å²) in [4.78, 5) is 11.5. The highest BCUT2D eigenvalue weighted by atomic mass is 16.1. The predicted octanol–water partition coefficient (Wildman–Crippen LogP) is 0.387. The van der Waals surface area contributed by atoms with E-state index < -0.39 is 0 Å². The molecule has 0 bridgehead atoms. The van der Waals surface area contributed by atoms with Crippen LogP contribution < -0.4 is 10.6 Å². The summed E-state index contributed by atoms with van der Waals surface area (Å²) >= 11 is 0. The molecule has 0 unspecified atom stereocenters. The van der Waals surface area contributed by atoms with E-state index in [0.717, 1.165) is 6.54 Å². The topological polar surface area (TPSA) is 58.9 Å². The van der Waals surface area contributed by atoms with E-state index in [0.29, 0.717) is 25.6 Å². The number of likely N-dealkylation sites (N-methyl/N-ethyl adjacent to an activating group) is 1. The summed E-state index contributed by atoms with van der Waals surface area (Å²) in [5, 5.41) is 10.2. The quantitative estimate of drug-likeness (QED) is 0.704. The van der Waals surface area contributed by atoms with Crippen LogP contribution >= 0.6 is 0 Å². The highest BCUT2D eigenvalue weighted by Crippen LogP contribution is 1.89. The molecule has 90 valence electrons. The van der Waals surface area contributed by atoms with Gasteiger partial charge in [0.1, 0.15) is 0 Å². The third-order valence-corrected chi connectivity index (χ3v) is 2.29. The lowest BCUT2D eigenvalue weighted by molar-refractivity contribution is -0.121. The lowest BCUT2D eigenvalue weighted by atomic mass is 10.3. The van der Waals surface area contributed by atoms with Crippen molar-refractivity contribution in [1.82, 2.24) is 20.4 Å². The molecule has 1 atom stereocenters. The summed E-state index contributed by atoms with van der Waals surface area (Å²) in [6.45, 7) is 6.33. The molecule has 1 rings (SSSR count). The Morgan fingerprint density at radius 1 is 1.56 bits per heavy atom. The minimum atomic E-state index is 0.0697. The van der Waals surface area contributed by atoms with Gasteiger partial charge >= 0.3 is 0 Å². The first-order valence-corrected chi connectivity index (χ1v) is 5.70. The minimum Gasteiger partial charge on any atom is -0.354 e. The van der Waals surface area contributed by atoms with Crippen LogP contribution in [0.2, 0.25) is 0 Å². The van der Waals surface area contributed by atoms with Gasteiger partial charge in [0.15, 0.2) is 0 Å². The number of rotatable bonds is 7. The van der Waals surface area contributed by atoms with Crippen molar-refractivity contribution in [1.29, 1.82) is 0 Å². The second kappa shape index (κ2) is 7.00. The average Bonchev–Trinajstić information content (AvgIpc) is 2.77. The predicted molar refractivity (Wildman–Crippen MR) is 63.0 cm³/mol. The molecule has 1 aromatic rings. The normalized spacial score (nSPS) is 12.4. The van der Waals surface area contributed by atoms with E-state index in [1.165, 1.54) is 0 Å². The molecule has 0 spiro atoms. The van der Waals surface area contributed by atoms with Crippen LogP contribution in [0.15, 0.2) is 18.5 Å². The number of aryl methyl sites for hydroxylation is 1. The number of aromatic nitrogens is 2. The Balaban J connectivity index is 2.11. The average molecular weight is 224 g/mol. The summed E-state index contributed by atoms with van der Waals surface area (Å²) in [7, 11) is 0. The molecular formula is C11H20N4O. The zero-order chi connectivity index (χ0) is 11.8. The molecule has 0 radical (unpaired) electrons. The molecule has 0 aliphatic rings. The van der Waals surface area contributed by atoms with Gasteiger partial charge in [-0.15, -0.1) is 0 Å². The largest absolute Gasteiger partial charge is 0.354 e.